The molecule has 1 N–H and O–H groups in total. The van der Waals surface area contributed by atoms with E-state index in [4.69, 9.17) is 0 Å². The molecule has 0 aliphatic carbocycles. The summed E-state index contributed by atoms with van der Waals surface area (Å²) in [7, 11) is 2.05. The van der Waals surface area contributed by atoms with Crippen LogP contribution in [0.2, 0.25) is 0 Å². The number of carbonyl (C=O) groups is 1. The summed E-state index contributed by atoms with van der Waals surface area (Å²) in [6.45, 7) is 4.71. The summed E-state index contributed by atoms with van der Waals surface area (Å²) in [5, 5.41) is 4.54. The van der Waals surface area contributed by atoms with Gasteiger partial charge in [-0.2, -0.15) is 0 Å². The van der Waals surface area contributed by atoms with Crippen LogP contribution in [0.1, 0.15) is 6.92 Å². The molecule has 1 aliphatic heterocycles. The Morgan fingerprint density at radius 1 is 1.41 bits per heavy atom. The van der Waals surface area contributed by atoms with Crippen molar-refractivity contribution in [3.05, 3.63) is 30.5 Å². The Labute approximate surface area is 141 Å². The van der Waals surface area contributed by atoms with Gasteiger partial charge in [-0.25, -0.2) is 0 Å². The molecule has 1 fully saturated rings. The monoisotopic (exact) mass is 339 g/mol. The molecule has 1 atom stereocenters. The molecule has 3 rings (SSSR count). The van der Waals surface area contributed by atoms with E-state index >= 15 is 0 Å². The number of aromatic nitrogens is 1. The van der Waals surface area contributed by atoms with Gasteiger partial charge in [-0.3, -0.25) is 4.79 Å². The average Bonchev–Trinajstić information content (AvgIpc) is 2.82. The fourth-order valence-electron chi connectivity index (χ4n) is 2.85. The maximum atomic E-state index is 12.4. The molecule has 1 aliphatic rings. The van der Waals surface area contributed by atoms with Crippen LogP contribution in [0.15, 0.2) is 35.4 Å². The molecule has 0 spiro atoms. The second-order valence-electron chi connectivity index (χ2n) is 5.55. The van der Waals surface area contributed by atoms with Crippen molar-refractivity contribution in [2.24, 2.45) is 7.05 Å². The van der Waals surface area contributed by atoms with Crippen LogP contribution >= 0.6 is 24.2 Å². The number of fused-ring (bicyclic) bond motifs is 1. The molecule has 2 aromatic rings. The predicted octanol–water partition coefficient (Wildman–Crippen LogP) is 2.51. The van der Waals surface area contributed by atoms with Gasteiger partial charge in [0.1, 0.15) is 0 Å². The van der Waals surface area contributed by atoms with Crippen LogP contribution in [0.3, 0.4) is 0 Å². The van der Waals surface area contributed by atoms with E-state index in [2.05, 4.69) is 35.1 Å². The summed E-state index contributed by atoms with van der Waals surface area (Å²) in [4.78, 5) is 15.6. The largest absolute Gasteiger partial charge is 0.349 e. The van der Waals surface area contributed by atoms with Gasteiger partial charge in [0.05, 0.1) is 5.75 Å². The summed E-state index contributed by atoms with van der Waals surface area (Å²) < 4.78 is 2.12. The van der Waals surface area contributed by atoms with Crippen molar-refractivity contribution in [2.45, 2.75) is 17.9 Å². The van der Waals surface area contributed by atoms with Crippen molar-refractivity contribution in [2.75, 3.05) is 25.4 Å². The minimum absolute atomic E-state index is 0. The standard InChI is InChI=1S/C16H21N3OS.ClH/c1-12-9-17-7-8-19(12)16(20)11-21-15-10-18(2)14-6-4-3-5-13(14)15;/h3-6,10,12,17H,7-9,11H2,1-2H3;1H/t12-;/m1./s1. The number of thioether (sulfide) groups is 1. The highest BCUT2D eigenvalue weighted by molar-refractivity contribution is 8.00. The molecule has 0 saturated carbocycles. The number of nitrogens with zero attached hydrogens (tertiary/aromatic N) is 2. The number of amides is 1. The van der Waals surface area contributed by atoms with E-state index in [1.54, 1.807) is 11.8 Å². The third kappa shape index (κ3) is 3.42. The highest BCUT2D eigenvalue weighted by Gasteiger charge is 2.23. The first-order valence-corrected chi connectivity index (χ1v) is 8.32. The van der Waals surface area contributed by atoms with Gasteiger partial charge in [0.25, 0.3) is 0 Å². The Morgan fingerprint density at radius 2 is 2.18 bits per heavy atom. The lowest BCUT2D eigenvalue weighted by atomic mass is 10.2. The van der Waals surface area contributed by atoms with Crippen molar-refractivity contribution in [3.8, 4) is 0 Å². The molecule has 1 aromatic heterocycles. The maximum Gasteiger partial charge on any atom is 0.233 e. The quantitative estimate of drug-likeness (QED) is 0.873. The van der Waals surface area contributed by atoms with Crippen molar-refractivity contribution < 1.29 is 4.79 Å². The van der Waals surface area contributed by atoms with Crippen LogP contribution in [0.4, 0.5) is 0 Å². The zero-order chi connectivity index (χ0) is 14.8. The second kappa shape index (κ2) is 7.40. The predicted molar refractivity (Wildman–Crippen MR) is 94.9 cm³/mol. The third-order valence-electron chi connectivity index (χ3n) is 4.03. The number of nitrogens with one attached hydrogen (secondary N) is 1. The SMILES string of the molecule is C[C@@H]1CNCCN1C(=O)CSc1cn(C)c2ccccc12.Cl. The van der Waals surface area contributed by atoms with E-state index in [-0.39, 0.29) is 18.3 Å². The molecule has 1 amide bonds. The van der Waals surface area contributed by atoms with Gasteiger partial charge in [0.15, 0.2) is 0 Å². The van der Waals surface area contributed by atoms with Crippen LogP contribution in [0, 0.1) is 0 Å². The normalized spacial score (nSPS) is 18.3. The molecule has 6 heteroatoms. The molecule has 0 radical (unpaired) electrons. The van der Waals surface area contributed by atoms with E-state index in [9.17, 15) is 4.79 Å². The molecule has 1 saturated heterocycles. The first-order chi connectivity index (χ1) is 10.2. The maximum absolute atomic E-state index is 12.4. The Kier molecular flexibility index (Phi) is 5.78. The number of aryl methyl sites for hydroxylation is 1. The number of benzene rings is 1. The summed E-state index contributed by atoms with van der Waals surface area (Å²) in [5.41, 5.74) is 1.21. The molecule has 0 unspecified atom stereocenters. The smallest absolute Gasteiger partial charge is 0.233 e. The topological polar surface area (TPSA) is 37.3 Å². The lowest BCUT2D eigenvalue weighted by molar-refractivity contribution is -0.131. The van der Waals surface area contributed by atoms with E-state index in [0.717, 1.165) is 19.6 Å². The zero-order valence-corrected chi connectivity index (χ0v) is 14.5. The Hall–Kier alpha value is -1.17. The fourth-order valence-corrected chi connectivity index (χ4v) is 3.86. The zero-order valence-electron chi connectivity index (χ0n) is 12.9. The van der Waals surface area contributed by atoms with Crippen molar-refractivity contribution in [3.63, 3.8) is 0 Å². The van der Waals surface area contributed by atoms with Crippen LogP contribution < -0.4 is 5.32 Å². The molecule has 4 nitrogen and oxygen atoms in total. The van der Waals surface area contributed by atoms with Crippen molar-refractivity contribution in [1.82, 2.24) is 14.8 Å². The second-order valence-corrected chi connectivity index (χ2v) is 6.57. The average molecular weight is 340 g/mol. The van der Waals surface area contributed by atoms with Gasteiger partial charge in [-0.05, 0) is 13.0 Å². The highest BCUT2D eigenvalue weighted by atomic mass is 35.5. The number of hydrogen-bond donors (Lipinski definition) is 1. The van der Waals surface area contributed by atoms with Crippen molar-refractivity contribution >= 4 is 41.0 Å². The lowest BCUT2D eigenvalue weighted by Crippen LogP contribution is -2.52. The van der Waals surface area contributed by atoms with Gasteiger partial charge in [-0.1, -0.05) is 18.2 Å². The number of halogens is 1. The Morgan fingerprint density at radius 3 is 2.95 bits per heavy atom. The van der Waals surface area contributed by atoms with Gasteiger partial charge >= 0.3 is 0 Å². The molecule has 120 valence electrons. The summed E-state index contributed by atoms with van der Waals surface area (Å²) in [5.74, 6) is 0.750. The number of carbonyl (C=O) groups excluding carboxylic acids is 1. The number of piperazine rings is 1. The molecule has 22 heavy (non-hydrogen) atoms. The first-order valence-electron chi connectivity index (χ1n) is 7.34. The fraction of sp³-hybridized carbons (Fsp3) is 0.438. The summed E-state index contributed by atoms with van der Waals surface area (Å²) in [6.07, 6.45) is 2.11. The minimum atomic E-state index is 0. The third-order valence-corrected chi connectivity index (χ3v) is 5.06. The summed E-state index contributed by atoms with van der Waals surface area (Å²) in [6, 6.07) is 8.62. The molecule has 0 bridgehead atoms. The Balaban J connectivity index is 0.00000176. The van der Waals surface area contributed by atoms with E-state index in [1.807, 2.05) is 24.1 Å². The van der Waals surface area contributed by atoms with Gasteiger partial charge < -0.3 is 14.8 Å². The van der Waals surface area contributed by atoms with Gasteiger partial charge in [0, 0.05) is 54.7 Å². The highest BCUT2D eigenvalue weighted by Crippen LogP contribution is 2.29. The van der Waals surface area contributed by atoms with Gasteiger partial charge in [-0.15, -0.1) is 24.2 Å². The number of hydrogen-bond acceptors (Lipinski definition) is 3. The first kappa shape index (κ1) is 17.2. The molecular weight excluding hydrogens is 318 g/mol. The van der Waals surface area contributed by atoms with Crippen LogP contribution in [0.5, 0.6) is 0 Å². The van der Waals surface area contributed by atoms with Gasteiger partial charge in [0.2, 0.25) is 5.91 Å². The van der Waals surface area contributed by atoms with E-state index in [1.165, 1.54) is 15.8 Å². The molecular formula is C16H22ClN3OS. The number of para-hydroxylation sites is 1. The summed E-state index contributed by atoms with van der Waals surface area (Å²) >= 11 is 1.64. The van der Waals surface area contributed by atoms with Crippen LogP contribution in [-0.4, -0.2) is 46.8 Å². The minimum Gasteiger partial charge on any atom is -0.349 e. The van der Waals surface area contributed by atoms with Crippen molar-refractivity contribution in [1.29, 1.82) is 0 Å². The van der Waals surface area contributed by atoms with Crippen LogP contribution in [0.25, 0.3) is 10.9 Å². The molecule has 1 aromatic carbocycles. The number of rotatable bonds is 3. The lowest BCUT2D eigenvalue weighted by Gasteiger charge is -2.33. The van der Waals surface area contributed by atoms with Crippen LogP contribution in [-0.2, 0) is 11.8 Å². The van der Waals surface area contributed by atoms with E-state index in [0.29, 0.717) is 11.8 Å². The molecule has 2 heterocycles. The van der Waals surface area contributed by atoms with E-state index < -0.39 is 0 Å². The Bertz CT molecular complexity index is 658.